The van der Waals surface area contributed by atoms with Gasteiger partial charge in [-0.1, -0.05) is 37.3 Å². The van der Waals surface area contributed by atoms with E-state index in [4.69, 9.17) is 4.74 Å². The van der Waals surface area contributed by atoms with Gasteiger partial charge < -0.3 is 10.1 Å². The third kappa shape index (κ3) is 6.44. The fourth-order valence-electron chi connectivity index (χ4n) is 1.94. The van der Waals surface area contributed by atoms with Crippen molar-refractivity contribution in [2.75, 3.05) is 20.3 Å². The van der Waals surface area contributed by atoms with Crippen LogP contribution in [-0.4, -0.2) is 26.3 Å². The summed E-state index contributed by atoms with van der Waals surface area (Å²) in [6, 6.07) is 11.3. The molecule has 0 heterocycles. The molecule has 2 heteroatoms. The predicted octanol–water partition coefficient (Wildman–Crippen LogP) is 3.02. The maximum atomic E-state index is 5.04. The number of rotatable bonds is 9. The normalized spacial score (nSPS) is 12.6. The summed E-state index contributed by atoms with van der Waals surface area (Å²) in [5, 5.41) is 3.62. The van der Waals surface area contributed by atoms with Crippen LogP contribution < -0.4 is 5.32 Å². The molecule has 1 atom stereocenters. The molecule has 0 bridgehead atoms. The van der Waals surface area contributed by atoms with Gasteiger partial charge in [0, 0.05) is 19.8 Å². The van der Waals surface area contributed by atoms with Crippen LogP contribution in [0.25, 0.3) is 0 Å². The van der Waals surface area contributed by atoms with E-state index in [9.17, 15) is 0 Å². The summed E-state index contributed by atoms with van der Waals surface area (Å²) < 4.78 is 5.04. The van der Waals surface area contributed by atoms with Gasteiger partial charge in [0.05, 0.1) is 0 Å². The monoisotopic (exact) mass is 235 g/mol. The van der Waals surface area contributed by atoms with Gasteiger partial charge in [-0.25, -0.2) is 0 Å². The highest BCUT2D eigenvalue weighted by Crippen LogP contribution is 2.05. The van der Waals surface area contributed by atoms with Gasteiger partial charge in [-0.3, -0.25) is 0 Å². The van der Waals surface area contributed by atoms with Gasteiger partial charge >= 0.3 is 0 Å². The summed E-state index contributed by atoms with van der Waals surface area (Å²) in [6.07, 6.45) is 4.64. The zero-order valence-electron chi connectivity index (χ0n) is 11.1. The second-order valence-electron chi connectivity index (χ2n) is 4.45. The lowest BCUT2D eigenvalue weighted by molar-refractivity contribution is 0.192. The highest BCUT2D eigenvalue weighted by molar-refractivity contribution is 5.15. The van der Waals surface area contributed by atoms with Crippen LogP contribution in [0.4, 0.5) is 0 Å². The summed E-state index contributed by atoms with van der Waals surface area (Å²) in [5.41, 5.74) is 1.42. The molecule has 0 aliphatic carbocycles. The summed E-state index contributed by atoms with van der Waals surface area (Å²) in [5.74, 6) is 0. The van der Waals surface area contributed by atoms with Gasteiger partial charge in [-0.2, -0.15) is 0 Å². The van der Waals surface area contributed by atoms with Crippen molar-refractivity contribution >= 4 is 0 Å². The van der Waals surface area contributed by atoms with Crippen LogP contribution in [0.15, 0.2) is 30.3 Å². The van der Waals surface area contributed by atoms with E-state index in [1.54, 1.807) is 7.11 Å². The maximum Gasteiger partial charge on any atom is 0.0462 e. The van der Waals surface area contributed by atoms with E-state index in [1.807, 2.05) is 0 Å². The van der Waals surface area contributed by atoms with Crippen LogP contribution in [0.2, 0.25) is 0 Å². The first-order valence-electron chi connectivity index (χ1n) is 6.63. The third-order valence-corrected chi connectivity index (χ3v) is 3.03. The van der Waals surface area contributed by atoms with Crippen LogP contribution in [0.3, 0.4) is 0 Å². The minimum atomic E-state index is 0.597. The minimum Gasteiger partial charge on any atom is -0.385 e. The zero-order chi connectivity index (χ0) is 12.3. The van der Waals surface area contributed by atoms with E-state index < -0.39 is 0 Å². The number of hydrogen-bond acceptors (Lipinski definition) is 2. The molecule has 96 valence electrons. The van der Waals surface area contributed by atoms with Gasteiger partial charge in [-0.05, 0) is 37.8 Å². The molecule has 1 unspecified atom stereocenters. The molecule has 0 aromatic heterocycles. The fourth-order valence-corrected chi connectivity index (χ4v) is 1.94. The first-order valence-corrected chi connectivity index (χ1v) is 6.63. The molecule has 0 saturated carbocycles. The van der Waals surface area contributed by atoms with Crippen molar-refractivity contribution in [3.63, 3.8) is 0 Å². The van der Waals surface area contributed by atoms with E-state index in [2.05, 4.69) is 42.6 Å². The van der Waals surface area contributed by atoms with Crippen LogP contribution in [0.1, 0.15) is 31.7 Å². The number of unbranched alkanes of at least 4 members (excludes halogenated alkanes) is 1. The van der Waals surface area contributed by atoms with Crippen molar-refractivity contribution < 1.29 is 4.74 Å². The molecule has 1 rings (SSSR count). The smallest absolute Gasteiger partial charge is 0.0462 e. The molecule has 0 radical (unpaired) electrons. The average molecular weight is 235 g/mol. The molecule has 1 N–H and O–H groups in total. The molecule has 0 aliphatic heterocycles. The molecule has 0 saturated heterocycles. The number of nitrogens with one attached hydrogen (secondary N) is 1. The van der Waals surface area contributed by atoms with Crippen LogP contribution >= 0.6 is 0 Å². The molecule has 0 aliphatic rings. The number of benzene rings is 1. The maximum absolute atomic E-state index is 5.04. The highest BCUT2D eigenvalue weighted by atomic mass is 16.5. The molecular formula is C15H25NO. The van der Waals surface area contributed by atoms with Gasteiger partial charge in [0.25, 0.3) is 0 Å². The SMILES string of the molecule is CCC(Cc1ccccc1)NCCCCOC. The highest BCUT2D eigenvalue weighted by Gasteiger charge is 2.05. The van der Waals surface area contributed by atoms with Crippen molar-refractivity contribution in [1.82, 2.24) is 5.32 Å². The predicted molar refractivity (Wildman–Crippen MR) is 73.3 cm³/mol. The number of methoxy groups -OCH3 is 1. The molecular weight excluding hydrogens is 210 g/mol. The summed E-state index contributed by atoms with van der Waals surface area (Å²) in [6.45, 7) is 4.21. The van der Waals surface area contributed by atoms with Crippen molar-refractivity contribution in [2.45, 2.75) is 38.6 Å². The molecule has 1 aromatic carbocycles. The Balaban J connectivity index is 2.20. The molecule has 2 nitrogen and oxygen atoms in total. The second kappa shape index (κ2) is 9.20. The van der Waals surface area contributed by atoms with E-state index in [0.717, 1.165) is 26.0 Å². The lowest BCUT2D eigenvalue weighted by Crippen LogP contribution is -2.31. The lowest BCUT2D eigenvalue weighted by Gasteiger charge is -2.17. The average Bonchev–Trinajstić information content (AvgIpc) is 2.38. The Morgan fingerprint density at radius 2 is 1.94 bits per heavy atom. The summed E-state index contributed by atoms with van der Waals surface area (Å²) >= 11 is 0. The minimum absolute atomic E-state index is 0.597. The zero-order valence-corrected chi connectivity index (χ0v) is 11.1. The van der Waals surface area contributed by atoms with Crippen molar-refractivity contribution in [3.05, 3.63) is 35.9 Å². The Morgan fingerprint density at radius 1 is 1.18 bits per heavy atom. The molecule has 1 aromatic rings. The Morgan fingerprint density at radius 3 is 2.59 bits per heavy atom. The standard InChI is InChI=1S/C15H25NO/c1-3-15(16-11-7-8-12-17-2)13-14-9-5-4-6-10-14/h4-6,9-10,15-16H,3,7-8,11-13H2,1-2H3. The van der Waals surface area contributed by atoms with Gasteiger partial charge in [-0.15, -0.1) is 0 Å². The number of ether oxygens (including phenoxy) is 1. The number of hydrogen-bond donors (Lipinski definition) is 1. The topological polar surface area (TPSA) is 21.3 Å². The fraction of sp³-hybridized carbons (Fsp3) is 0.600. The first-order chi connectivity index (χ1) is 8.36. The van der Waals surface area contributed by atoms with Crippen LogP contribution in [-0.2, 0) is 11.2 Å². The largest absolute Gasteiger partial charge is 0.385 e. The van der Waals surface area contributed by atoms with Gasteiger partial charge in [0.1, 0.15) is 0 Å². The van der Waals surface area contributed by atoms with Crippen molar-refractivity contribution in [2.24, 2.45) is 0 Å². The lowest BCUT2D eigenvalue weighted by atomic mass is 10.0. The Kier molecular flexibility index (Phi) is 7.69. The first kappa shape index (κ1) is 14.2. The Hall–Kier alpha value is -0.860. The van der Waals surface area contributed by atoms with Crippen LogP contribution in [0, 0.1) is 0 Å². The van der Waals surface area contributed by atoms with E-state index in [-0.39, 0.29) is 0 Å². The second-order valence-corrected chi connectivity index (χ2v) is 4.45. The van der Waals surface area contributed by atoms with Crippen LogP contribution in [0.5, 0.6) is 0 Å². The summed E-state index contributed by atoms with van der Waals surface area (Å²) in [4.78, 5) is 0. The quantitative estimate of drug-likeness (QED) is 0.664. The molecule has 0 spiro atoms. The van der Waals surface area contributed by atoms with Crippen molar-refractivity contribution in [1.29, 1.82) is 0 Å². The molecule has 0 fully saturated rings. The third-order valence-electron chi connectivity index (χ3n) is 3.03. The Bertz CT molecular complexity index is 274. The summed E-state index contributed by atoms with van der Waals surface area (Å²) in [7, 11) is 1.76. The molecule has 17 heavy (non-hydrogen) atoms. The van der Waals surface area contributed by atoms with Gasteiger partial charge in [0.15, 0.2) is 0 Å². The van der Waals surface area contributed by atoms with E-state index in [0.29, 0.717) is 6.04 Å². The van der Waals surface area contributed by atoms with E-state index in [1.165, 1.54) is 18.4 Å². The van der Waals surface area contributed by atoms with Crippen molar-refractivity contribution in [3.8, 4) is 0 Å². The van der Waals surface area contributed by atoms with Gasteiger partial charge in [0.2, 0.25) is 0 Å². The Labute approximate surface area is 105 Å². The van der Waals surface area contributed by atoms with E-state index >= 15 is 0 Å². The molecule has 0 amide bonds.